The van der Waals surface area contributed by atoms with Gasteiger partial charge in [-0.1, -0.05) is 25.7 Å². The second-order valence-electron chi connectivity index (χ2n) is 7.13. The molecule has 0 bridgehead atoms. The lowest BCUT2D eigenvalue weighted by Gasteiger charge is -2.35. The Hall–Kier alpha value is -0.160. The molecular weight excluding hydrogens is 260 g/mol. The van der Waals surface area contributed by atoms with E-state index in [2.05, 4.69) is 34.1 Å². The van der Waals surface area contributed by atoms with Gasteiger partial charge >= 0.3 is 0 Å². The van der Waals surface area contributed by atoms with Crippen LogP contribution in [0.25, 0.3) is 0 Å². The van der Waals surface area contributed by atoms with E-state index in [9.17, 15) is 0 Å². The molecule has 2 fully saturated rings. The van der Waals surface area contributed by atoms with Gasteiger partial charge in [0.15, 0.2) is 0 Å². The smallest absolute Gasteiger partial charge is 0.0110 e. The van der Waals surface area contributed by atoms with Gasteiger partial charge in [0, 0.05) is 58.4 Å². The van der Waals surface area contributed by atoms with Crippen LogP contribution < -0.4 is 5.32 Å². The Morgan fingerprint density at radius 2 is 1.43 bits per heavy atom. The molecule has 1 saturated heterocycles. The van der Waals surface area contributed by atoms with Gasteiger partial charge in [0.2, 0.25) is 0 Å². The largest absolute Gasteiger partial charge is 0.313 e. The van der Waals surface area contributed by atoms with Gasteiger partial charge in [0.05, 0.1) is 0 Å². The summed E-state index contributed by atoms with van der Waals surface area (Å²) in [5.74, 6) is 0. The zero-order chi connectivity index (χ0) is 14.9. The summed E-state index contributed by atoms with van der Waals surface area (Å²) in [6, 6.07) is 0.800. The maximum Gasteiger partial charge on any atom is 0.0110 e. The quantitative estimate of drug-likeness (QED) is 0.718. The second kappa shape index (κ2) is 9.78. The zero-order valence-corrected chi connectivity index (χ0v) is 14.3. The van der Waals surface area contributed by atoms with Gasteiger partial charge in [-0.15, -0.1) is 0 Å². The van der Waals surface area contributed by atoms with E-state index < -0.39 is 0 Å². The average Bonchev–Trinajstić information content (AvgIpc) is 2.75. The molecule has 4 nitrogen and oxygen atoms in total. The van der Waals surface area contributed by atoms with E-state index in [0.29, 0.717) is 0 Å². The lowest BCUT2D eigenvalue weighted by Crippen LogP contribution is -2.49. The van der Waals surface area contributed by atoms with Gasteiger partial charge in [-0.3, -0.25) is 9.80 Å². The lowest BCUT2D eigenvalue weighted by atomic mass is 10.1. The van der Waals surface area contributed by atoms with Crippen LogP contribution in [0.3, 0.4) is 0 Å². The third-order valence-electron chi connectivity index (χ3n) is 5.04. The molecule has 1 heterocycles. The van der Waals surface area contributed by atoms with Crippen LogP contribution in [0.1, 0.15) is 38.5 Å². The minimum Gasteiger partial charge on any atom is -0.313 e. The molecule has 1 saturated carbocycles. The average molecular weight is 297 g/mol. The number of nitrogens with one attached hydrogen (secondary N) is 1. The van der Waals surface area contributed by atoms with Crippen LogP contribution in [0, 0.1) is 0 Å². The van der Waals surface area contributed by atoms with Crippen molar-refractivity contribution in [2.45, 2.75) is 44.6 Å². The summed E-state index contributed by atoms with van der Waals surface area (Å²) in [5.41, 5.74) is 0. The lowest BCUT2D eigenvalue weighted by molar-refractivity contribution is 0.125. The van der Waals surface area contributed by atoms with E-state index in [1.165, 1.54) is 90.9 Å². The maximum atomic E-state index is 3.80. The highest BCUT2D eigenvalue weighted by Crippen LogP contribution is 2.16. The molecular formula is C17H36N4. The van der Waals surface area contributed by atoms with Gasteiger partial charge in [0.25, 0.3) is 0 Å². The molecule has 4 heteroatoms. The summed E-state index contributed by atoms with van der Waals surface area (Å²) in [4.78, 5) is 7.52. The first-order valence-electron chi connectivity index (χ1n) is 9.07. The maximum absolute atomic E-state index is 3.80. The Labute approximate surface area is 131 Å². The molecule has 1 aliphatic heterocycles. The molecule has 0 aromatic heterocycles. The standard InChI is InChI=1S/C17H36N4/c1-19(2)11-12-21-15-13-20(14-16-21)10-9-18-17-7-5-3-4-6-8-17/h17-18H,3-16H2,1-2H3. The molecule has 0 aromatic rings. The Morgan fingerprint density at radius 1 is 0.857 bits per heavy atom. The van der Waals surface area contributed by atoms with Crippen molar-refractivity contribution in [3.05, 3.63) is 0 Å². The van der Waals surface area contributed by atoms with E-state index in [0.717, 1.165) is 6.04 Å². The highest BCUT2D eigenvalue weighted by molar-refractivity contribution is 4.75. The molecule has 0 aromatic carbocycles. The van der Waals surface area contributed by atoms with Crippen molar-refractivity contribution in [1.82, 2.24) is 20.0 Å². The fourth-order valence-electron chi connectivity index (χ4n) is 3.49. The normalized spacial score (nSPS) is 23.6. The molecule has 0 amide bonds. The predicted molar refractivity (Wildman–Crippen MR) is 90.9 cm³/mol. The van der Waals surface area contributed by atoms with E-state index in [4.69, 9.17) is 0 Å². The summed E-state index contributed by atoms with van der Waals surface area (Å²) in [7, 11) is 4.32. The minimum atomic E-state index is 0.800. The van der Waals surface area contributed by atoms with Crippen molar-refractivity contribution in [3.63, 3.8) is 0 Å². The first kappa shape index (κ1) is 17.2. The fourth-order valence-corrected chi connectivity index (χ4v) is 3.49. The molecule has 0 spiro atoms. The topological polar surface area (TPSA) is 21.8 Å². The number of hydrogen-bond donors (Lipinski definition) is 1. The van der Waals surface area contributed by atoms with Gasteiger partial charge in [-0.2, -0.15) is 0 Å². The molecule has 0 atom stereocenters. The van der Waals surface area contributed by atoms with Crippen molar-refractivity contribution in [2.75, 3.05) is 66.5 Å². The van der Waals surface area contributed by atoms with E-state index in [-0.39, 0.29) is 0 Å². The third-order valence-corrected chi connectivity index (χ3v) is 5.04. The highest BCUT2D eigenvalue weighted by atomic mass is 15.3. The number of piperazine rings is 1. The van der Waals surface area contributed by atoms with Gasteiger partial charge in [-0.25, -0.2) is 0 Å². The Bertz CT molecular complexity index is 254. The first-order chi connectivity index (χ1) is 10.2. The van der Waals surface area contributed by atoms with E-state index in [1.54, 1.807) is 0 Å². The Balaban J connectivity index is 1.52. The van der Waals surface area contributed by atoms with Gasteiger partial charge in [-0.05, 0) is 26.9 Å². The molecule has 0 unspecified atom stereocenters. The van der Waals surface area contributed by atoms with E-state index in [1.807, 2.05) is 0 Å². The van der Waals surface area contributed by atoms with Crippen LogP contribution in [-0.2, 0) is 0 Å². The number of rotatable bonds is 7. The summed E-state index contributed by atoms with van der Waals surface area (Å²) < 4.78 is 0. The molecule has 1 N–H and O–H groups in total. The molecule has 124 valence electrons. The van der Waals surface area contributed by atoms with Gasteiger partial charge in [0.1, 0.15) is 0 Å². The molecule has 2 rings (SSSR count). The van der Waals surface area contributed by atoms with Crippen LogP contribution in [0.15, 0.2) is 0 Å². The van der Waals surface area contributed by atoms with Crippen LogP contribution in [-0.4, -0.2) is 87.2 Å². The Morgan fingerprint density at radius 3 is 2.00 bits per heavy atom. The summed E-state index contributed by atoms with van der Waals surface area (Å²) in [6.07, 6.45) is 8.57. The predicted octanol–water partition coefficient (Wildman–Crippen LogP) is 1.48. The van der Waals surface area contributed by atoms with Crippen LogP contribution in [0.4, 0.5) is 0 Å². The van der Waals surface area contributed by atoms with Crippen molar-refractivity contribution in [3.8, 4) is 0 Å². The summed E-state index contributed by atoms with van der Waals surface area (Å²) in [5, 5.41) is 3.80. The van der Waals surface area contributed by atoms with Crippen molar-refractivity contribution >= 4 is 0 Å². The van der Waals surface area contributed by atoms with Crippen molar-refractivity contribution in [1.29, 1.82) is 0 Å². The second-order valence-corrected chi connectivity index (χ2v) is 7.13. The van der Waals surface area contributed by atoms with E-state index >= 15 is 0 Å². The zero-order valence-electron chi connectivity index (χ0n) is 14.3. The molecule has 0 radical (unpaired) electrons. The number of likely N-dealkylation sites (N-methyl/N-ethyl adjacent to an activating group) is 1. The SMILES string of the molecule is CN(C)CCN1CCN(CCNC2CCCCCC2)CC1. The van der Waals surface area contributed by atoms with Crippen LogP contribution >= 0.6 is 0 Å². The first-order valence-corrected chi connectivity index (χ1v) is 9.07. The van der Waals surface area contributed by atoms with Crippen LogP contribution in [0.2, 0.25) is 0 Å². The highest BCUT2D eigenvalue weighted by Gasteiger charge is 2.17. The fraction of sp³-hybridized carbons (Fsp3) is 1.00. The molecule has 21 heavy (non-hydrogen) atoms. The Kier molecular flexibility index (Phi) is 8.01. The summed E-state index contributed by atoms with van der Waals surface area (Å²) in [6.45, 7) is 9.82. The number of hydrogen-bond acceptors (Lipinski definition) is 4. The van der Waals surface area contributed by atoms with Gasteiger partial charge < -0.3 is 10.2 Å². The monoisotopic (exact) mass is 296 g/mol. The number of nitrogens with zero attached hydrogens (tertiary/aromatic N) is 3. The van der Waals surface area contributed by atoms with Crippen molar-refractivity contribution in [2.24, 2.45) is 0 Å². The van der Waals surface area contributed by atoms with Crippen molar-refractivity contribution < 1.29 is 0 Å². The molecule has 1 aliphatic carbocycles. The third kappa shape index (κ3) is 7.09. The molecule has 2 aliphatic rings. The summed E-state index contributed by atoms with van der Waals surface area (Å²) >= 11 is 0. The van der Waals surface area contributed by atoms with Crippen LogP contribution in [0.5, 0.6) is 0 Å². The minimum absolute atomic E-state index is 0.800.